The van der Waals surface area contributed by atoms with Gasteiger partial charge < -0.3 is 4.98 Å². The molecule has 0 saturated carbocycles. The lowest BCUT2D eigenvalue weighted by atomic mass is 10.3. The molecule has 0 fully saturated rings. The normalized spacial score (nSPS) is 10.7. The second kappa shape index (κ2) is 2.02. The number of aromatic nitrogens is 2. The summed E-state index contributed by atoms with van der Waals surface area (Å²) < 4.78 is 25.3. The van der Waals surface area contributed by atoms with Gasteiger partial charge in [-0.25, -0.2) is 13.8 Å². The fourth-order valence-electron chi connectivity index (χ4n) is 0.971. The van der Waals surface area contributed by atoms with E-state index in [2.05, 4.69) is 9.97 Å². The third kappa shape index (κ3) is 0.869. The van der Waals surface area contributed by atoms with Crippen LogP contribution in [0.1, 0.15) is 0 Å². The van der Waals surface area contributed by atoms with E-state index >= 15 is 0 Å². The number of hydrogen-bond donors (Lipinski definition) is 1. The van der Waals surface area contributed by atoms with Crippen molar-refractivity contribution in [2.24, 2.45) is 0 Å². The summed E-state index contributed by atoms with van der Waals surface area (Å²) in [6.07, 6.45) is 1.33. The van der Waals surface area contributed by atoms with E-state index in [1.165, 1.54) is 12.4 Å². The monoisotopic (exact) mass is 154 g/mol. The molecule has 0 aliphatic rings. The number of rotatable bonds is 0. The largest absolute Gasteiger partial charge is 0.342 e. The SMILES string of the molecule is Fc1cc(F)c2[nH]cnc2c1. The zero-order chi connectivity index (χ0) is 7.84. The molecule has 2 nitrogen and oxygen atoms in total. The molecule has 0 atom stereocenters. The second-order valence-corrected chi connectivity index (χ2v) is 2.18. The fourth-order valence-corrected chi connectivity index (χ4v) is 0.971. The predicted octanol–water partition coefficient (Wildman–Crippen LogP) is 1.84. The van der Waals surface area contributed by atoms with Crippen LogP contribution < -0.4 is 0 Å². The van der Waals surface area contributed by atoms with Crippen LogP contribution in [0.25, 0.3) is 11.0 Å². The number of halogens is 2. The molecule has 56 valence electrons. The van der Waals surface area contributed by atoms with Crippen LogP contribution in [0.15, 0.2) is 18.5 Å². The molecule has 0 aliphatic carbocycles. The van der Waals surface area contributed by atoms with Gasteiger partial charge in [-0.2, -0.15) is 0 Å². The van der Waals surface area contributed by atoms with Gasteiger partial charge in [-0.3, -0.25) is 0 Å². The minimum atomic E-state index is -0.613. The summed E-state index contributed by atoms with van der Waals surface area (Å²) in [5.41, 5.74) is 0.550. The van der Waals surface area contributed by atoms with Crippen LogP contribution in [0.5, 0.6) is 0 Å². The highest BCUT2D eigenvalue weighted by molar-refractivity contribution is 5.74. The van der Waals surface area contributed by atoms with Gasteiger partial charge in [-0.15, -0.1) is 0 Å². The average molecular weight is 154 g/mol. The number of benzene rings is 1. The van der Waals surface area contributed by atoms with Gasteiger partial charge in [0.1, 0.15) is 11.3 Å². The third-order valence-corrected chi connectivity index (χ3v) is 1.45. The van der Waals surface area contributed by atoms with Crippen molar-refractivity contribution in [3.8, 4) is 0 Å². The van der Waals surface area contributed by atoms with E-state index in [9.17, 15) is 8.78 Å². The van der Waals surface area contributed by atoms with Crippen molar-refractivity contribution in [2.75, 3.05) is 0 Å². The molecule has 1 N–H and O–H groups in total. The first-order valence-electron chi connectivity index (χ1n) is 3.05. The lowest BCUT2D eigenvalue weighted by Gasteiger charge is -1.90. The molecule has 4 heteroatoms. The van der Waals surface area contributed by atoms with E-state index in [0.29, 0.717) is 5.52 Å². The summed E-state index contributed by atoms with van der Waals surface area (Å²) in [5, 5.41) is 0. The summed E-state index contributed by atoms with van der Waals surface area (Å²) in [6.45, 7) is 0. The van der Waals surface area contributed by atoms with E-state index in [4.69, 9.17) is 0 Å². The van der Waals surface area contributed by atoms with Crippen molar-refractivity contribution in [3.05, 3.63) is 30.1 Å². The van der Waals surface area contributed by atoms with Gasteiger partial charge in [0.05, 0.1) is 11.8 Å². The average Bonchev–Trinajstić information content (AvgIpc) is 2.34. The Balaban J connectivity index is 2.91. The Morgan fingerprint density at radius 3 is 2.91 bits per heavy atom. The van der Waals surface area contributed by atoms with Crippen molar-refractivity contribution < 1.29 is 8.78 Å². The molecular formula is C7H4F2N2. The summed E-state index contributed by atoms with van der Waals surface area (Å²) in [4.78, 5) is 6.27. The standard InChI is InChI=1S/C7H4F2N2/c8-4-1-5(9)7-6(2-4)10-3-11-7/h1-3H,(H,10,11). The van der Waals surface area contributed by atoms with Crippen LogP contribution in [0, 0.1) is 11.6 Å². The van der Waals surface area contributed by atoms with Crippen LogP contribution >= 0.6 is 0 Å². The first-order chi connectivity index (χ1) is 5.27. The Bertz CT molecular complexity index is 394. The quantitative estimate of drug-likeness (QED) is 0.616. The zero-order valence-corrected chi connectivity index (χ0v) is 5.44. The van der Waals surface area contributed by atoms with E-state index < -0.39 is 11.6 Å². The van der Waals surface area contributed by atoms with Gasteiger partial charge in [0.15, 0.2) is 5.82 Å². The van der Waals surface area contributed by atoms with Gasteiger partial charge in [-0.1, -0.05) is 0 Å². The van der Waals surface area contributed by atoms with Gasteiger partial charge in [-0.05, 0) is 0 Å². The number of hydrogen-bond acceptors (Lipinski definition) is 1. The van der Waals surface area contributed by atoms with Crippen molar-refractivity contribution in [2.45, 2.75) is 0 Å². The maximum absolute atomic E-state index is 12.8. The molecule has 0 amide bonds. The first-order valence-corrected chi connectivity index (χ1v) is 3.05. The maximum atomic E-state index is 12.8. The highest BCUT2D eigenvalue weighted by atomic mass is 19.1. The van der Waals surface area contributed by atoms with E-state index in [1.54, 1.807) is 0 Å². The second-order valence-electron chi connectivity index (χ2n) is 2.18. The molecule has 0 saturated heterocycles. The number of aromatic amines is 1. The Kier molecular flexibility index (Phi) is 1.15. The van der Waals surface area contributed by atoms with Gasteiger partial charge in [0, 0.05) is 12.1 Å². The summed E-state index contributed by atoms with van der Waals surface area (Å²) in [5.74, 6) is -1.22. The molecule has 0 radical (unpaired) electrons. The molecule has 11 heavy (non-hydrogen) atoms. The fraction of sp³-hybridized carbons (Fsp3) is 0. The lowest BCUT2D eigenvalue weighted by molar-refractivity contribution is 0.590. The van der Waals surface area contributed by atoms with Crippen LogP contribution in [-0.4, -0.2) is 9.97 Å². The van der Waals surface area contributed by atoms with Crippen molar-refractivity contribution >= 4 is 11.0 Å². The van der Waals surface area contributed by atoms with Crippen LogP contribution in [0.2, 0.25) is 0 Å². The highest BCUT2D eigenvalue weighted by Gasteiger charge is 2.04. The minimum Gasteiger partial charge on any atom is -0.342 e. The molecule has 1 heterocycles. The highest BCUT2D eigenvalue weighted by Crippen LogP contribution is 2.14. The molecular weight excluding hydrogens is 150 g/mol. The summed E-state index contributed by atoms with van der Waals surface area (Å²) in [7, 11) is 0. The van der Waals surface area contributed by atoms with E-state index in [-0.39, 0.29) is 5.52 Å². The molecule has 1 aromatic carbocycles. The van der Waals surface area contributed by atoms with Crippen molar-refractivity contribution in [1.29, 1.82) is 0 Å². The Labute approximate surface area is 60.9 Å². The molecule has 0 bridgehead atoms. The number of fused-ring (bicyclic) bond motifs is 1. The first kappa shape index (κ1) is 6.27. The van der Waals surface area contributed by atoms with E-state index in [1.807, 2.05) is 0 Å². The van der Waals surface area contributed by atoms with Gasteiger partial charge >= 0.3 is 0 Å². The lowest BCUT2D eigenvalue weighted by Crippen LogP contribution is -1.81. The Morgan fingerprint density at radius 1 is 1.27 bits per heavy atom. The number of nitrogens with zero attached hydrogens (tertiary/aromatic N) is 1. The zero-order valence-electron chi connectivity index (χ0n) is 5.44. The molecule has 2 rings (SSSR count). The number of imidazole rings is 1. The smallest absolute Gasteiger partial charge is 0.151 e. The number of nitrogens with one attached hydrogen (secondary N) is 1. The summed E-state index contributed by atoms with van der Waals surface area (Å²) >= 11 is 0. The predicted molar refractivity (Wildman–Crippen MR) is 36.0 cm³/mol. The third-order valence-electron chi connectivity index (χ3n) is 1.45. The van der Waals surface area contributed by atoms with Crippen molar-refractivity contribution in [3.63, 3.8) is 0 Å². The molecule has 1 aromatic heterocycles. The van der Waals surface area contributed by atoms with Crippen LogP contribution in [-0.2, 0) is 0 Å². The summed E-state index contributed by atoms with van der Waals surface area (Å²) in [6, 6.07) is 2.00. The topological polar surface area (TPSA) is 28.7 Å². The van der Waals surface area contributed by atoms with Crippen LogP contribution in [0.3, 0.4) is 0 Å². The molecule has 0 aliphatic heterocycles. The van der Waals surface area contributed by atoms with Gasteiger partial charge in [0.2, 0.25) is 0 Å². The molecule has 0 spiro atoms. The molecule has 0 unspecified atom stereocenters. The Hall–Kier alpha value is -1.45. The number of H-pyrrole nitrogens is 1. The van der Waals surface area contributed by atoms with Gasteiger partial charge in [0.25, 0.3) is 0 Å². The van der Waals surface area contributed by atoms with E-state index in [0.717, 1.165) is 6.07 Å². The maximum Gasteiger partial charge on any atom is 0.151 e. The minimum absolute atomic E-state index is 0.242. The van der Waals surface area contributed by atoms with Crippen LogP contribution in [0.4, 0.5) is 8.78 Å². The van der Waals surface area contributed by atoms with Crippen molar-refractivity contribution in [1.82, 2.24) is 9.97 Å². The Morgan fingerprint density at radius 2 is 2.09 bits per heavy atom. The molecule has 2 aromatic rings.